The third-order valence-corrected chi connectivity index (χ3v) is 9.10. The average molecular weight is 483 g/mol. The number of rotatable bonds is 6. The number of sulfonamides is 1. The number of aromatic nitrogens is 2. The van der Waals surface area contributed by atoms with Crippen LogP contribution in [-0.4, -0.2) is 64.9 Å². The van der Waals surface area contributed by atoms with Crippen LogP contribution in [0.2, 0.25) is 0 Å². The summed E-state index contributed by atoms with van der Waals surface area (Å²) in [6, 6.07) is 16.4. The predicted molar refractivity (Wildman–Crippen MR) is 129 cm³/mol. The van der Waals surface area contributed by atoms with Crippen molar-refractivity contribution in [3.8, 4) is 0 Å². The largest absolute Gasteiger partial charge is 0.339 e. The molecule has 5 rings (SSSR count). The van der Waals surface area contributed by atoms with Gasteiger partial charge in [-0.3, -0.25) is 4.79 Å². The molecule has 1 saturated heterocycles. The molecule has 1 saturated carbocycles. The molecular formula is C24H26N4O3S2. The predicted octanol–water partition coefficient (Wildman–Crippen LogP) is 3.52. The molecule has 0 bridgehead atoms. The van der Waals surface area contributed by atoms with Crippen LogP contribution in [0.25, 0.3) is 10.9 Å². The van der Waals surface area contributed by atoms with Crippen LogP contribution >= 0.6 is 11.8 Å². The van der Waals surface area contributed by atoms with Gasteiger partial charge in [-0.1, -0.05) is 48.2 Å². The number of hydrogen-bond donors (Lipinski definition) is 0. The van der Waals surface area contributed by atoms with Crippen LogP contribution in [0, 0.1) is 0 Å². The number of piperazine rings is 1. The molecule has 0 spiro atoms. The third kappa shape index (κ3) is 4.62. The fraction of sp³-hybridized carbons (Fsp3) is 0.375. The number of carbonyl (C=O) groups is 1. The number of benzene rings is 2. The minimum absolute atomic E-state index is 0.00687. The molecule has 1 atom stereocenters. The first kappa shape index (κ1) is 22.3. The van der Waals surface area contributed by atoms with Crippen LogP contribution < -0.4 is 0 Å². The van der Waals surface area contributed by atoms with Gasteiger partial charge >= 0.3 is 0 Å². The van der Waals surface area contributed by atoms with Gasteiger partial charge < -0.3 is 4.90 Å². The Hall–Kier alpha value is -2.49. The topological polar surface area (TPSA) is 83.5 Å². The molecule has 2 fully saturated rings. The second-order valence-corrected chi connectivity index (χ2v) is 11.7. The average Bonchev–Trinajstić information content (AvgIpc) is 3.70. The van der Waals surface area contributed by atoms with Crippen LogP contribution in [0.5, 0.6) is 0 Å². The SMILES string of the molecule is CC(Sc1nc(C2CC2)nc2ccccc12)C(=O)N1CCN(S(=O)(=O)c2ccccc2)CC1. The van der Waals surface area contributed by atoms with Crippen LogP contribution in [0.4, 0.5) is 0 Å². The molecule has 9 heteroatoms. The lowest BCUT2D eigenvalue weighted by Crippen LogP contribution is -2.52. The minimum Gasteiger partial charge on any atom is -0.339 e. The molecule has 2 heterocycles. The van der Waals surface area contributed by atoms with E-state index in [0.717, 1.165) is 34.6 Å². The van der Waals surface area contributed by atoms with E-state index < -0.39 is 10.0 Å². The number of para-hydroxylation sites is 1. The summed E-state index contributed by atoms with van der Waals surface area (Å²) in [5.74, 6) is 1.31. The highest BCUT2D eigenvalue weighted by Crippen LogP contribution is 2.40. The lowest BCUT2D eigenvalue weighted by atomic mass is 10.2. The monoisotopic (exact) mass is 482 g/mol. The molecule has 1 aliphatic carbocycles. The second kappa shape index (κ2) is 9.04. The van der Waals surface area contributed by atoms with Gasteiger partial charge in [0.1, 0.15) is 10.9 Å². The van der Waals surface area contributed by atoms with E-state index in [4.69, 9.17) is 9.97 Å². The van der Waals surface area contributed by atoms with Crippen molar-refractivity contribution >= 4 is 38.6 Å². The second-order valence-electron chi connectivity index (χ2n) is 8.48. The highest BCUT2D eigenvalue weighted by atomic mass is 32.2. The summed E-state index contributed by atoms with van der Waals surface area (Å²) in [5.41, 5.74) is 0.913. The summed E-state index contributed by atoms with van der Waals surface area (Å²) < 4.78 is 27.2. The van der Waals surface area contributed by atoms with E-state index in [9.17, 15) is 13.2 Å². The van der Waals surface area contributed by atoms with E-state index in [1.807, 2.05) is 31.2 Å². The summed E-state index contributed by atoms with van der Waals surface area (Å²) in [6.45, 7) is 3.25. The molecule has 1 aromatic heterocycles. The zero-order chi connectivity index (χ0) is 23.0. The van der Waals surface area contributed by atoms with E-state index in [-0.39, 0.29) is 16.1 Å². The zero-order valence-corrected chi connectivity index (χ0v) is 20.1. The van der Waals surface area contributed by atoms with Crippen LogP contribution in [0.1, 0.15) is 31.5 Å². The molecule has 1 aliphatic heterocycles. The Bertz CT molecular complexity index is 1270. The number of amides is 1. The number of nitrogens with zero attached hydrogens (tertiary/aromatic N) is 4. The van der Waals surface area contributed by atoms with Crippen LogP contribution in [-0.2, 0) is 14.8 Å². The lowest BCUT2D eigenvalue weighted by molar-refractivity contribution is -0.131. The molecule has 2 aromatic carbocycles. The standard InChI is InChI=1S/C24H26N4O3S2/c1-17(32-23-20-9-5-6-10-21(20)25-22(26-23)18-11-12-18)24(29)27-13-15-28(16-14-27)33(30,31)19-7-3-2-4-8-19/h2-10,17-18H,11-16H2,1H3. The van der Waals surface area contributed by atoms with E-state index >= 15 is 0 Å². The Morgan fingerprint density at radius 1 is 0.970 bits per heavy atom. The molecule has 1 unspecified atom stereocenters. The maximum atomic E-state index is 13.2. The summed E-state index contributed by atoms with van der Waals surface area (Å²) in [5, 5.41) is 1.48. The first-order valence-corrected chi connectivity index (χ1v) is 13.5. The van der Waals surface area contributed by atoms with Crippen molar-refractivity contribution in [2.24, 2.45) is 0 Å². The number of carbonyl (C=O) groups excluding carboxylic acids is 1. The maximum Gasteiger partial charge on any atom is 0.243 e. The van der Waals surface area contributed by atoms with E-state index in [1.165, 1.54) is 16.1 Å². The lowest BCUT2D eigenvalue weighted by Gasteiger charge is -2.35. The molecule has 3 aromatic rings. The number of thioether (sulfide) groups is 1. The number of hydrogen-bond acceptors (Lipinski definition) is 6. The van der Waals surface area contributed by atoms with E-state index in [2.05, 4.69) is 0 Å². The number of fused-ring (bicyclic) bond motifs is 1. The first-order chi connectivity index (χ1) is 15.9. The van der Waals surface area contributed by atoms with Crippen molar-refractivity contribution in [2.75, 3.05) is 26.2 Å². The molecule has 0 N–H and O–H groups in total. The normalized spacial score (nSPS) is 18.4. The third-order valence-electron chi connectivity index (χ3n) is 6.10. The van der Waals surface area contributed by atoms with Gasteiger partial charge in [-0.25, -0.2) is 18.4 Å². The molecule has 172 valence electrons. The molecule has 33 heavy (non-hydrogen) atoms. The first-order valence-electron chi connectivity index (χ1n) is 11.2. The minimum atomic E-state index is -3.54. The van der Waals surface area contributed by atoms with Gasteiger partial charge in [0.2, 0.25) is 15.9 Å². The maximum absolute atomic E-state index is 13.2. The van der Waals surface area contributed by atoms with Gasteiger partial charge in [0, 0.05) is 37.5 Å². The van der Waals surface area contributed by atoms with Gasteiger partial charge in [0.05, 0.1) is 15.7 Å². The van der Waals surface area contributed by atoms with Gasteiger partial charge in [0.15, 0.2) is 0 Å². The van der Waals surface area contributed by atoms with Crippen molar-refractivity contribution in [3.05, 3.63) is 60.4 Å². The Kier molecular flexibility index (Phi) is 6.11. The molecule has 0 radical (unpaired) electrons. The quantitative estimate of drug-likeness (QED) is 0.395. The van der Waals surface area contributed by atoms with E-state index in [1.54, 1.807) is 35.2 Å². The fourth-order valence-electron chi connectivity index (χ4n) is 4.04. The van der Waals surface area contributed by atoms with Gasteiger partial charge in [-0.05, 0) is 38.0 Å². The smallest absolute Gasteiger partial charge is 0.243 e. The molecule has 1 amide bonds. The van der Waals surface area contributed by atoms with Crippen molar-refractivity contribution in [1.29, 1.82) is 0 Å². The van der Waals surface area contributed by atoms with Crippen molar-refractivity contribution in [1.82, 2.24) is 19.2 Å². The highest BCUT2D eigenvalue weighted by molar-refractivity contribution is 8.00. The Morgan fingerprint density at radius 2 is 1.64 bits per heavy atom. The Morgan fingerprint density at radius 3 is 2.33 bits per heavy atom. The zero-order valence-electron chi connectivity index (χ0n) is 18.4. The van der Waals surface area contributed by atoms with Gasteiger partial charge in [-0.2, -0.15) is 4.31 Å². The summed E-state index contributed by atoms with van der Waals surface area (Å²) in [6.07, 6.45) is 2.24. The van der Waals surface area contributed by atoms with Crippen molar-refractivity contribution in [2.45, 2.75) is 40.9 Å². The van der Waals surface area contributed by atoms with E-state index in [0.29, 0.717) is 32.1 Å². The van der Waals surface area contributed by atoms with Crippen molar-refractivity contribution in [3.63, 3.8) is 0 Å². The van der Waals surface area contributed by atoms with Gasteiger partial charge in [0.25, 0.3) is 0 Å². The van der Waals surface area contributed by atoms with Crippen LogP contribution in [0.15, 0.2) is 64.5 Å². The summed E-state index contributed by atoms with van der Waals surface area (Å²) in [7, 11) is -3.54. The fourth-order valence-corrected chi connectivity index (χ4v) is 6.52. The molecule has 2 aliphatic rings. The van der Waals surface area contributed by atoms with Crippen molar-refractivity contribution < 1.29 is 13.2 Å². The summed E-state index contributed by atoms with van der Waals surface area (Å²) in [4.78, 5) is 24.8. The Balaban J connectivity index is 1.27. The van der Waals surface area contributed by atoms with Crippen LogP contribution in [0.3, 0.4) is 0 Å². The highest BCUT2D eigenvalue weighted by Gasteiger charge is 2.32. The van der Waals surface area contributed by atoms with Gasteiger partial charge in [-0.15, -0.1) is 0 Å². The Labute approximate surface area is 198 Å². The summed E-state index contributed by atoms with van der Waals surface area (Å²) >= 11 is 1.46. The molecule has 7 nitrogen and oxygen atoms in total. The molecular weight excluding hydrogens is 456 g/mol.